The molecular weight excluding hydrogens is 337 g/mol. The molecule has 6 nitrogen and oxygen atoms in total. The Morgan fingerprint density at radius 3 is 2.42 bits per heavy atom. The van der Waals surface area contributed by atoms with Crippen molar-refractivity contribution in [3.63, 3.8) is 0 Å². The van der Waals surface area contributed by atoms with E-state index < -0.39 is 0 Å². The number of amides is 3. The number of benzene rings is 1. The molecule has 2 saturated heterocycles. The molecule has 26 heavy (non-hydrogen) atoms. The number of likely N-dealkylation sites (tertiary alicyclic amines) is 1. The van der Waals surface area contributed by atoms with Crippen LogP contribution in [0.2, 0.25) is 0 Å². The average molecular weight is 361 g/mol. The van der Waals surface area contributed by atoms with Crippen LogP contribution in [0.25, 0.3) is 0 Å². The van der Waals surface area contributed by atoms with E-state index in [2.05, 4.69) is 0 Å². The maximum absolute atomic E-state index is 13.0. The summed E-state index contributed by atoms with van der Waals surface area (Å²) in [6.45, 7) is 5.63. The highest BCUT2D eigenvalue weighted by molar-refractivity contribution is 5.92. The number of piperazine rings is 1. The summed E-state index contributed by atoms with van der Waals surface area (Å²) in [4.78, 5) is 42.1. The first-order chi connectivity index (χ1) is 12.3. The zero-order valence-corrected chi connectivity index (χ0v) is 15.2. The first-order valence-corrected chi connectivity index (χ1v) is 8.95. The van der Waals surface area contributed by atoms with Gasteiger partial charge in [-0.15, -0.1) is 0 Å². The Balaban J connectivity index is 1.56. The summed E-state index contributed by atoms with van der Waals surface area (Å²) >= 11 is 0. The summed E-state index contributed by atoms with van der Waals surface area (Å²) in [5.41, 5.74) is 0.855. The van der Waals surface area contributed by atoms with Gasteiger partial charge in [0.1, 0.15) is 5.82 Å². The normalized spacial score (nSPS) is 21.1. The third kappa shape index (κ3) is 3.86. The van der Waals surface area contributed by atoms with Crippen LogP contribution in [0.4, 0.5) is 4.39 Å². The van der Waals surface area contributed by atoms with Gasteiger partial charge in [-0.3, -0.25) is 14.4 Å². The van der Waals surface area contributed by atoms with Crippen molar-refractivity contribution in [3.8, 4) is 0 Å². The van der Waals surface area contributed by atoms with Crippen molar-refractivity contribution >= 4 is 17.7 Å². The first kappa shape index (κ1) is 18.4. The highest BCUT2D eigenvalue weighted by atomic mass is 19.1. The van der Waals surface area contributed by atoms with Crippen molar-refractivity contribution in [2.24, 2.45) is 5.92 Å². The Morgan fingerprint density at radius 2 is 1.85 bits per heavy atom. The van der Waals surface area contributed by atoms with Gasteiger partial charge in [0.15, 0.2) is 0 Å². The highest BCUT2D eigenvalue weighted by Gasteiger charge is 2.39. The van der Waals surface area contributed by atoms with Crippen LogP contribution in [0, 0.1) is 11.7 Å². The molecule has 0 saturated carbocycles. The number of carbonyl (C=O) groups is 3. The number of nitrogens with zero attached hydrogens (tertiary/aromatic N) is 3. The number of hydrogen-bond donors (Lipinski definition) is 0. The van der Waals surface area contributed by atoms with Gasteiger partial charge < -0.3 is 14.7 Å². The minimum Gasteiger partial charge on any atom is -0.339 e. The molecule has 0 spiro atoms. The molecule has 3 rings (SSSR count). The average Bonchev–Trinajstić information content (AvgIpc) is 3.00. The molecule has 2 heterocycles. The summed E-state index contributed by atoms with van der Waals surface area (Å²) in [5, 5.41) is 0. The minimum atomic E-state index is -0.360. The molecule has 7 heteroatoms. The van der Waals surface area contributed by atoms with Crippen molar-refractivity contribution in [1.29, 1.82) is 0 Å². The van der Waals surface area contributed by atoms with Gasteiger partial charge in [-0.05, 0) is 31.5 Å². The maximum Gasteiger partial charge on any atom is 0.242 e. The Bertz CT molecular complexity index is 704. The van der Waals surface area contributed by atoms with Crippen LogP contribution >= 0.6 is 0 Å². The van der Waals surface area contributed by atoms with Crippen molar-refractivity contribution in [2.75, 3.05) is 26.2 Å². The lowest BCUT2D eigenvalue weighted by Crippen LogP contribution is -2.53. The molecule has 1 atom stereocenters. The van der Waals surface area contributed by atoms with Gasteiger partial charge in [0.25, 0.3) is 0 Å². The third-order valence-corrected chi connectivity index (χ3v) is 5.05. The van der Waals surface area contributed by atoms with Gasteiger partial charge >= 0.3 is 0 Å². The van der Waals surface area contributed by atoms with E-state index in [-0.39, 0.29) is 48.5 Å². The lowest BCUT2D eigenvalue weighted by molar-refractivity contribution is -0.147. The van der Waals surface area contributed by atoms with E-state index in [1.165, 1.54) is 12.1 Å². The predicted octanol–water partition coefficient (Wildman–Crippen LogP) is 1.25. The lowest BCUT2D eigenvalue weighted by Gasteiger charge is -2.35. The molecule has 0 aliphatic carbocycles. The molecule has 0 N–H and O–H groups in total. The first-order valence-electron chi connectivity index (χ1n) is 8.95. The van der Waals surface area contributed by atoms with Gasteiger partial charge in [0.05, 0.1) is 12.5 Å². The van der Waals surface area contributed by atoms with Crippen LogP contribution in [0.15, 0.2) is 24.3 Å². The van der Waals surface area contributed by atoms with E-state index in [9.17, 15) is 18.8 Å². The molecule has 2 fully saturated rings. The van der Waals surface area contributed by atoms with E-state index in [0.29, 0.717) is 26.2 Å². The van der Waals surface area contributed by atoms with Gasteiger partial charge in [-0.25, -0.2) is 4.39 Å². The number of rotatable bonds is 4. The minimum absolute atomic E-state index is 0.000350. The van der Waals surface area contributed by atoms with Crippen molar-refractivity contribution in [1.82, 2.24) is 14.7 Å². The zero-order valence-electron chi connectivity index (χ0n) is 15.2. The Morgan fingerprint density at radius 1 is 1.15 bits per heavy atom. The van der Waals surface area contributed by atoms with E-state index in [1.807, 2.05) is 13.8 Å². The number of carbonyl (C=O) groups excluding carboxylic acids is 3. The smallest absolute Gasteiger partial charge is 0.242 e. The van der Waals surface area contributed by atoms with Gasteiger partial charge in [0.2, 0.25) is 17.7 Å². The topological polar surface area (TPSA) is 60.9 Å². The monoisotopic (exact) mass is 361 g/mol. The predicted molar refractivity (Wildman–Crippen MR) is 93.4 cm³/mol. The summed E-state index contributed by atoms with van der Waals surface area (Å²) in [6.07, 6.45) is 0.223. The SMILES string of the molecule is CC(C)N1CC(C(=O)N2CCN(Cc3ccc(F)cc3)C(=O)C2)CC1=O. The molecule has 1 unspecified atom stereocenters. The fraction of sp³-hybridized carbons (Fsp3) is 0.526. The second-order valence-corrected chi connectivity index (χ2v) is 7.24. The van der Waals surface area contributed by atoms with Gasteiger partial charge in [-0.1, -0.05) is 12.1 Å². The summed E-state index contributed by atoms with van der Waals surface area (Å²) in [5.74, 6) is -0.909. The molecule has 1 aromatic rings. The zero-order chi connectivity index (χ0) is 18.8. The molecule has 0 bridgehead atoms. The Hall–Kier alpha value is -2.44. The van der Waals surface area contributed by atoms with E-state index in [4.69, 9.17) is 0 Å². The summed E-state index contributed by atoms with van der Waals surface area (Å²) < 4.78 is 13.0. The molecular formula is C19H24FN3O3. The summed E-state index contributed by atoms with van der Waals surface area (Å²) in [7, 11) is 0. The fourth-order valence-electron chi connectivity index (χ4n) is 3.53. The Labute approximate surface area is 152 Å². The van der Waals surface area contributed by atoms with E-state index in [0.717, 1.165) is 5.56 Å². The number of hydrogen-bond acceptors (Lipinski definition) is 3. The standard InChI is InChI=1S/C19H24FN3O3/c1-13(2)23-11-15(9-17(23)24)19(26)22-8-7-21(18(25)12-22)10-14-3-5-16(20)6-4-14/h3-6,13,15H,7-12H2,1-2H3. The third-order valence-electron chi connectivity index (χ3n) is 5.05. The van der Waals surface area contributed by atoms with Gasteiger partial charge in [-0.2, -0.15) is 0 Å². The second kappa shape index (κ2) is 7.43. The van der Waals surface area contributed by atoms with Gasteiger partial charge in [0, 0.05) is 38.6 Å². The fourth-order valence-corrected chi connectivity index (χ4v) is 3.53. The van der Waals surface area contributed by atoms with Crippen molar-refractivity contribution in [3.05, 3.63) is 35.6 Å². The van der Waals surface area contributed by atoms with E-state index >= 15 is 0 Å². The second-order valence-electron chi connectivity index (χ2n) is 7.24. The largest absolute Gasteiger partial charge is 0.339 e. The van der Waals surface area contributed by atoms with Crippen LogP contribution in [-0.2, 0) is 20.9 Å². The lowest BCUT2D eigenvalue weighted by atomic mass is 10.1. The molecule has 3 amide bonds. The van der Waals surface area contributed by atoms with Crippen molar-refractivity contribution < 1.29 is 18.8 Å². The van der Waals surface area contributed by atoms with Crippen LogP contribution in [0.1, 0.15) is 25.8 Å². The van der Waals surface area contributed by atoms with E-state index in [1.54, 1.807) is 26.8 Å². The maximum atomic E-state index is 13.0. The van der Waals surface area contributed by atoms with Crippen LogP contribution in [0.5, 0.6) is 0 Å². The molecule has 1 aromatic carbocycles. The van der Waals surface area contributed by atoms with Crippen LogP contribution in [0.3, 0.4) is 0 Å². The quantitative estimate of drug-likeness (QED) is 0.811. The molecule has 2 aliphatic heterocycles. The molecule has 2 aliphatic rings. The van der Waals surface area contributed by atoms with Crippen LogP contribution in [-0.4, -0.2) is 64.6 Å². The number of halogens is 1. The summed E-state index contributed by atoms with van der Waals surface area (Å²) in [6, 6.07) is 6.14. The molecule has 140 valence electrons. The Kier molecular flexibility index (Phi) is 5.25. The van der Waals surface area contributed by atoms with Crippen LogP contribution < -0.4 is 0 Å². The molecule has 0 aromatic heterocycles. The molecule has 0 radical (unpaired) electrons. The highest BCUT2D eigenvalue weighted by Crippen LogP contribution is 2.23. The van der Waals surface area contributed by atoms with Crippen molar-refractivity contribution in [2.45, 2.75) is 32.9 Å².